The van der Waals surface area contributed by atoms with Gasteiger partial charge in [0.15, 0.2) is 23.4 Å². The van der Waals surface area contributed by atoms with Gasteiger partial charge in [-0.25, -0.2) is 9.97 Å². The second kappa shape index (κ2) is 9.99. The summed E-state index contributed by atoms with van der Waals surface area (Å²) in [7, 11) is 0. The largest absolute Gasteiger partial charge is 0.469 e. The normalized spacial score (nSPS) is 26.1. The Kier molecular flexibility index (Phi) is 5.71. The van der Waals surface area contributed by atoms with Gasteiger partial charge in [-0.1, -0.05) is 63.2 Å². The highest BCUT2D eigenvalue weighted by atomic mass is 16.5. The first-order valence-electron chi connectivity index (χ1n) is 17.9. The van der Waals surface area contributed by atoms with E-state index < -0.39 is 23.6 Å². The zero-order valence-electron chi connectivity index (χ0n) is 28.4. The molecule has 4 aliphatic heterocycles. The van der Waals surface area contributed by atoms with Crippen LogP contribution in [0.3, 0.4) is 0 Å². The van der Waals surface area contributed by atoms with Gasteiger partial charge in [-0.3, -0.25) is 9.59 Å². The first kappa shape index (κ1) is 29.1. The molecule has 1 fully saturated rings. The second-order valence-corrected chi connectivity index (χ2v) is 15.3. The predicted molar refractivity (Wildman–Crippen MR) is 189 cm³/mol. The van der Waals surface area contributed by atoms with Crippen LogP contribution < -0.4 is 15.4 Å². The molecule has 10 bridgehead atoms. The molecule has 51 heavy (non-hydrogen) atoms. The Hall–Kier alpha value is -5.64. The molecule has 11 rings (SSSR count). The van der Waals surface area contributed by atoms with Gasteiger partial charge in [-0.05, 0) is 47.9 Å². The Morgan fingerprint density at radius 1 is 1.02 bits per heavy atom. The highest BCUT2D eigenvalue weighted by Gasteiger charge is 2.61. The molecule has 6 atom stereocenters. The van der Waals surface area contributed by atoms with E-state index >= 15 is 0 Å². The average molecular weight is 678 g/mol. The van der Waals surface area contributed by atoms with Crippen molar-refractivity contribution < 1.29 is 23.2 Å². The van der Waals surface area contributed by atoms with Crippen LogP contribution in [-0.4, -0.2) is 32.9 Å². The molecule has 1 spiro atoms. The predicted octanol–water partition coefficient (Wildman–Crippen LogP) is 7.54. The molecule has 6 aromatic rings. The van der Waals surface area contributed by atoms with Crippen molar-refractivity contribution in [2.24, 2.45) is 23.7 Å². The number of anilines is 1. The van der Waals surface area contributed by atoms with E-state index in [0.29, 0.717) is 47.1 Å². The summed E-state index contributed by atoms with van der Waals surface area (Å²) in [5.74, 6) is 2.28. The topological polar surface area (TPSA) is 135 Å². The lowest BCUT2D eigenvalue weighted by Gasteiger charge is -2.28. The fraction of sp³-hybridized carbons (Fsp3) is 0.317. The number of fused-ring (bicyclic) bond motifs is 7. The molecule has 1 amide bonds. The molecular formula is C41H35N5O5. The van der Waals surface area contributed by atoms with E-state index in [2.05, 4.69) is 65.0 Å². The number of hydrogen-bond donors (Lipinski definition) is 3. The number of H-pyrrole nitrogens is 1. The van der Waals surface area contributed by atoms with E-state index in [1.807, 2.05) is 32.2 Å². The van der Waals surface area contributed by atoms with E-state index in [4.69, 9.17) is 23.5 Å². The van der Waals surface area contributed by atoms with Crippen molar-refractivity contribution in [3.8, 4) is 39.8 Å². The summed E-state index contributed by atoms with van der Waals surface area (Å²) in [6, 6.07) is 18.2. The summed E-state index contributed by atoms with van der Waals surface area (Å²) in [4.78, 5) is 41.0. The number of aromatic amines is 1. The van der Waals surface area contributed by atoms with Crippen LogP contribution in [0.2, 0.25) is 0 Å². The number of nitrogens with zero attached hydrogens (tertiary/aromatic N) is 2. The summed E-state index contributed by atoms with van der Waals surface area (Å²) < 4.78 is 20.5. The van der Waals surface area contributed by atoms with Crippen LogP contribution in [0.25, 0.3) is 44.9 Å². The van der Waals surface area contributed by atoms with Crippen LogP contribution in [0, 0.1) is 23.7 Å². The number of ether oxygens (including phenoxy) is 1. The van der Waals surface area contributed by atoms with E-state index in [0.717, 1.165) is 56.4 Å². The van der Waals surface area contributed by atoms with Gasteiger partial charge in [-0.15, -0.1) is 0 Å². The van der Waals surface area contributed by atoms with E-state index in [1.54, 1.807) is 6.20 Å². The molecule has 10 nitrogen and oxygen atoms in total. The summed E-state index contributed by atoms with van der Waals surface area (Å²) in [5, 5.41) is 8.11. The molecule has 254 valence electrons. The molecule has 1 saturated carbocycles. The number of hydrogen-bond acceptors (Lipinski definition) is 8. The minimum absolute atomic E-state index is 0.0330. The maximum atomic E-state index is 14.2. The number of ketones is 1. The lowest BCUT2D eigenvalue weighted by Crippen LogP contribution is -2.40. The van der Waals surface area contributed by atoms with Gasteiger partial charge in [0.05, 0.1) is 6.20 Å². The van der Waals surface area contributed by atoms with E-state index in [9.17, 15) is 9.59 Å². The van der Waals surface area contributed by atoms with Crippen molar-refractivity contribution in [2.45, 2.75) is 57.7 Å². The van der Waals surface area contributed by atoms with Crippen molar-refractivity contribution in [1.29, 1.82) is 0 Å². The fourth-order valence-electron chi connectivity index (χ4n) is 9.14. The first-order chi connectivity index (χ1) is 24.8. The van der Waals surface area contributed by atoms with Crippen LogP contribution in [0.1, 0.15) is 68.0 Å². The Balaban J connectivity index is 1.22. The Morgan fingerprint density at radius 3 is 2.71 bits per heavy atom. The van der Waals surface area contributed by atoms with Crippen molar-refractivity contribution in [3.63, 3.8) is 0 Å². The smallest absolute Gasteiger partial charge is 0.249 e. The highest BCUT2D eigenvalue weighted by Crippen LogP contribution is 2.61. The molecule has 1 aliphatic carbocycles. The van der Waals surface area contributed by atoms with Crippen molar-refractivity contribution in [1.82, 2.24) is 20.3 Å². The molecule has 5 aliphatic rings. The van der Waals surface area contributed by atoms with Crippen LogP contribution >= 0.6 is 0 Å². The average Bonchev–Trinajstić information content (AvgIpc) is 3.67. The van der Waals surface area contributed by atoms with Gasteiger partial charge in [-0.2, -0.15) is 0 Å². The third kappa shape index (κ3) is 3.87. The third-order valence-electron chi connectivity index (χ3n) is 11.9. The molecule has 3 aromatic heterocycles. The van der Waals surface area contributed by atoms with Gasteiger partial charge in [0.1, 0.15) is 23.0 Å². The molecule has 10 heteroatoms. The summed E-state index contributed by atoms with van der Waals surface area (Å²) >= 11 is 0. The Labute approximate surface area is 293 Å². The fourth-order valence-corrected chi connectivity index (χ4v) is 9.14. The van der Waals surface area contributed by atoms with Crippen LogP contribution in [-0.2, 0) is 21.4 Å². The van der Waals surface area contributed by atoms with Crippen molar-refractivity contribution in [3.05, 3.63) is 95.3 Å². The zero-order valence-corrected chi connectivity index (χ0v) is 28.4. The SMILES string of the molecule is CC1CC1C(=O)CC1Cc2ccc3c(c2)[C@]24c5cccc(c5NC2O3)-c2cccc3[nH]cc(c23)-c2cnc(o2)-c2nc(oc24)[C@H](C(C)C)NC1=O. The number of carbonyl (C=O) groups is 2. The number of Topliss-reactive ketones (excluding diaryl/α,β-unsaturated/α-hetero) is 1. The Bertz CT molecular complexity index is 2490. The van der Waals surface area contributed by atoms with Crippen molar-refractivity contribution in [2.75, 3.05) is 5.32 Å². The van der Waals surface area contributed by atoms with Gasteiger partial charge >= 0.3 is 0 Å². The van der Waals surface area contributed by atoms with Gasteiger partial charge < -0.3 is 29.2 Å². The van der Waals surface area contributed by atoms with Gasteiger partial charge in [0.2, 0.25) is 17.7 Å². The maximum absolute atomic E-state index is 14.2. The lowest BCUT2D eigenvalue weighted by atomic mass is 9.72. The Morgan fingerprint density at radius 2 is 1.86 bits per heavy atom. The maximum Gasteiger partial charge on any atom is 0.249 e. The summed E-state index contributed by atoms with van der Waals surface area (Å²) in [5.41, 5.74) is 7.21. The van der Waals surface area contributed by atoms with Crippen molar-refractivity contribution >= 4 is 28.3 Å². The number of oxazole rings is 2. The monoisotopic (exact) mass is 677 g/mol. The van der Waals surface area contributed by atoms with E-state index in [1.165, 1.54) is 0 Å². The molecule has 3 aromatic carbocycles. The van der Waals surface area contributed by atoms with Crippen LogP contribution in [0.4, 0.5) is 5.69 Å². The number of benzene rings is 3. The summed E-state index contributed by atoms with van der Waals surface area (Å²) in [6.45, 7) is 6.16. The zero-order chi connectivity index (χ0) is 34.3. The molecule has 0 radical (unpaired) electrons. The molecular weight excluding hydrogens is 642 g/mol. The van der Waals surface area contributed by atoms with Crippen LogP contribution in [0.5, 0.6) is 5.75 Å². The molecule has 3 N–H and O–H groups in total. The first-order valence-corrected chi connectivity index (χ1v) is 17.9. The number of rotatable bonds is 4. The number of amides is 1. The van der Waals surface area contributed by atoms with Gasteiger partial charge in [0.25, 0.3) is 0 Å². The number of nitrogens with one attached hydrogen (secondary N) is 3. The number of carbonyl (C=O) groups excluding carboxylic acids is 2. The molecule has 7 heterocycles. The second-order valence-electron chi connectivity index (χ2n) is 15.3. The standard InChI is InChI=1S/C41H35N5O5/c1-18(2)33-39-45-35-36(51-39)41-26-8-4-7-23(22-6-5-9-28-32(22)25(16-42-28)31-17-43-38(35)49-31)34(26)46-40(41)50-30-11-10-20(14-27(30)41)13-21(37(48)44-33)15-29(47)24-12-19(24)3/h4-11,14,16-19,21,24,33,40,42,46H,12-13,15H2,1-3H3,(H,44,48)/t19?,21?,24?,33-,40?,41-/m0/s1. The molecule has 0 saturated heterocycles. The number of para-hydroxylation sites is 1. The third-order valence-corrected chi connectivity index (χ3v) is 11.9. The van der Waals surface area contributed by atoms with Gasteiger partial charge in [0, 0.05) is 63.3 Å². The quantitative estimate of drug-likeness (QED) is 0.174. The highest BCUT2D eigenvalue weighted by molar-refractivity contribution is 6.07. The minimum atomic E-state index is -0.987. The lowest BCUT2D eigenvalue weighted by molar-refractivity contribution is -0.131. The molecule has 4 unspecified atom stereocenters. The number of aromatic nitrogens is 3. The summed E-state index contributed by atoms with van der Waals surface area (Å²) in [6.07, 6.45) is 4.61. The van der Waals surface area contributed by atoms with Crippen LogP contribution in [0.15, 0.2) is 75.8 Å². The van der Waals surface area contributed by atoms with E-state index in [-0.39, 0.29) is 29.9 Å². The minimum Gasteiger partial charge on any atom is -0.469 e.